The molecule has 0 fully saturated rings. The number of rotatable bonds is 3. The van der Waals surface area contributed by atoms with Gasteiger partial charge in [-0.25, -0.2) is 0 Å². The molecule has 0 spiro atoms. The molecule has 1 amide bonds. The zero-order valence-electron chi connectivity index (χ0n) is 10.9. The Balaban J connectivity index is 2.05. The van der Waals surface area contributed by atoms with Gasteiger partial charge in [-0.3, -0.25) is 4.79 Å². The Morgan fingerprint density at radius 2 is 1.89 bits per heavy atom. The highest BCUT2D eigenvalue weighted by Crippen LogP contribution is 2.25. The molecule has 0 atom stereocenters. The third-order valence-electron chi connectivity index (χ3n) is 3.38. The van der Waals surface area contributed by atoms with Crippen molar-refractivity contribution in [2.24, 2.45) is 0 Å². The van der Waals surface area contributed by atoms with E-state index in [0.717, 1.165) is 6.54 Å². The number of aromatic nitrogens is 1. The Morgan fingerprint density at radius 1 is 1.11 bits per heavy atom. The molecule has 0 unspecified atom stereocenters. The van der Waals surface area contributed by atoms with Crippen LogP contribution in [0.2, 0.25) is 0 Å². The van der Waals surface area contributed by atoms with Crippen molar-refractivity contribution in [3.05, 3.63) is 48.7 Å². The summed E-state index contributed by atoms with van der Waals surface area (Å²) in [4.78, 5) is 10.9. The van der Waals surface area contributed by atoms with E-state index in [1.165, 1.54) is 21.7 Å². The van der Waals surface area contributed by atoms with E-state index in [4.69, 9.17) is 0 Å². The number of hydrogen-bond acceptors (Lipinski definition) is 1. The Morgan fingerprint density at radius 3 is 2.74 bits per heavy atom. The summed E-state index contributed by atoms with van der Waals surface area (Å²) in [6.07, 6.45) is 2.08. The van der Waals surface area contributed by atoms with Gasteiger partial charge in [0.2, 0.25) is 5.91 Å². The normalized spacial score (nSPS) is 11.0. The first-order valence-electron chi connectivity index (χ1n) is 6.47. The molecule has 1 heterocycles. The number of nitrogens with zero attached hydrogens (tertiary/aromatic N) is 1. The van der Waals surface area contributed by atoms with Crippen LogP contribution in [-0.2, 0) is 11.3 Å². The molecule has 0 aliphatic heterocycles. The summed E-state index contributed by atoms with van der Waals surface area (Å²) in [5.41, 5.74) is 1.24. The molecule has 0 radical (unpaired) electrons. The van der Waals surface area contributed by atoms with Crippen LogP contribution in [0.25, 0.3) is 21.7 Å². The van der Waals surface area contributed by atoms with Crippen LogP contribution in [0.5, 0.6) is 0 Å². The van der Waals surface area contributed by atoms with Crippen molar-refractivity contribution in [1.82, 2.24) is 9.88 Å². The largest absolute Gasteiger partial charge is 0.355 e. The van der Waals surface area contributed by atoms with Gasteiger partial charge in [-0.15, -0.1) is 0 Å². The number of carbonyl (C=O) groups excluding carboxylic acids is 1. The van der Waals surface area contributed by atoms with Crippen molar-refractivity contribution in [2.45, 2.75) is 13.5 Å². The van der Waals surface area contributed by atoms with Crippen molar-refractivity contribution in [3.63, 3.8) is 0 Å². The Bertz CT molecular complexity index is 743. The van der Waals surface area contributed by atoms with Crippen molar-refractivity contribution < 1.29 is 4.79 Å². The smallest absolute Gasteiger partial charge is 0.216 e. The second kappa shape index (κ2) is 4.76. The standard InChI is InChI=1S/C16H16N2O/c1-12(19)17-9-11-18-10-8-14-7-6-13-4-2-3-5-15(13)16(14)18/h2-8,10H,9,11H2,1H3,(H,17,19). The van der Waals surface area contributed by atoms with E-state index in [9.17, 15) is 4.79 Å². The van der Waals surface area contributed by atoms with E-state index in [-0.39, 0.29) is 5.91 Å². The van der Waals surface area contributed by atoms with Crippen molar-refractivity contribution in [2.75, 3.05) is 6.54 Å². The van der Waals surface area contributed by atoms with Crippen LogP contribution >= 0.6 is 0 Å². The minimum Gasteiger partial charge on any atom is -0.355 e. The summed E-state index contributed by atoms with van der Waals surface area (Å²) in [7, 11) is 0. The van der Waals surface area contributed by atoms with Crippen LogP contribution in [0.3, 0.4) is 0 Å². The number of amides is 1. The third-order valence-corrected chi connectivity index (χ3v) is 3.38. The maximum Gasteiger partial charge on any atom is 0.216 e. The molecule has 0 saturated carbocycles. The van der Waals surface area contributed by atoms with Gasteiger partial charge in [-0.2, -0.15) is 0 Å². The molecule has 1 N–H and O–H groups in total. The summed E-state index contributed by atoms with van der Waals surface area (Å²) in [5, 5.41) is 6.58. The molecule has 2 aromatic carbocycles. The number of benzene rings is 2. The molecular formula is C16H16N2O. The predicted octanol–water partition coefficient (Wildman–Crippen LogP) is 2.93. The molecule has 3 nitrogen and oxygen atoms in total. The SMILES string of the molecule is CC(=O)NCCn1ccc2ccc3ccccc3c21. The fraction of sp³-hybridized carbons (Fsp3) is 0.188. The van der Waals surface area contributed by atoms with Gasteiger partial charge in [-0.05, 0) is 11.5 Å². The van der Waals surface area contributed by atoms with Crippen LogP contribution in [0.15, 0.2) is 48.7 Å². The summed E-state index contributed by atoms with van der Waals surface area (Å²) >= 11 is 0. The van der Waals surface area contributed by atoms with E-state index in [0.29, 0.717) is 6.54 Å². The summed E-state index contributed by atoms with van der Waals surface area (Å²) < 4.78 is 2.20. The molecule has 3 rings (SSSR count). The summed E-state index contributed by atoms with van der Waals surface area (Å²) in [6.45, 7) is 2.99. The van der Waals surface area contributed by atoms with Gasteiger partial charge >= 0.3 is 0 Å². The third kappa shape index (κ3) is 2.19. The van der Waals surface area contributed by atoms with Crippen LogP contribution < -0.4 is 5.32 Å². The van der Waals surface area contributed by atoms with Crippen LogP contribution in [-0.4, -0.2) is 17.0 Å². The van der Waals surface area contributed by atoms with Crippen LogP contribution in [0.1, 0.15) is 6.92 Å². The average molecular weight is 252 g/mol. The Hall–Kier alpha value is -2.29. The molecule has 0 aliphatic rings. The number of hydrogen-bond donors (Lipinski definition) is 1. The van der Waals surface area contributed by atoms with Gasteiger partial charge in [-0.1, -0.05) is 36.4 Å². The minimum absolute atomic E-state index is 0.0151. The second-order valence-corrected chi connectivity index (χ2v) is 4.72. The highest BCUT2D eigenvalue weighted by atomic mass is 16.1. The van der Waals surface area contributed by atoms with Gasteiger partial charge in [0.25, 0.3) is 0 Å². The Kier molecular flexibility index (Phi) is 2.95. The van der Waals surface area contributed by atoms with Crippen molar-refractivity contribution in [1.29, 1.82) is 0 Å². The number of fused-ring (bicyclic) bond motifs is 3. The zero-order chi connectivity index (χ0) is 13.2. The highest BCUT2D eigenvalue weighted by Gasteiger charge is 2.05. The van der Waals surface area contributed by atoms with Gasteiger partial charge in [0.15, 0.2) is 0 Å². The Labute approximate surface area is 111 Å². The van der Waals surface area contributed by atoms with E-state index in [1.807, 2.05) is 0 Å². The lowest BCUT2D eigenvalue weighted by Gasteiger charge is -2.08. The molecule has 19 heavy (non-hydrogen) atoms. The van der Waals surface area contributed by atoms with Gasteiger partial charge in [0, 0.05) is 37.0 Å². The fourth-order valence-electron chi connectivity index (χ4n) is 2.51. The second-order valence-electron chi connectivity index (χ2n) is 4.72. The van der Waals surface area contributed by atoms with Crippen molar-refractivity contribution >= 4 is 27.6 Å². The van der Waals surface area contributed by atoms with E-state index in [1.54, 1.807) is 6.92 Å². The average Bonchev–Trinajstić information content (AvgIpc) is 2.82. The van der Waals surface area contributed by atoms with Gasteiger partial charge < -0.3 is 9.88 Å². The molecular weight excluding hydrogens is 236 g/mol. The number of nitrogens with one attached hydrogen (secondary N) is 1. The highest BCUT2D eigenvalue weighted by molar-refractivity contribution is 6.05. The summed E-state index contributed by atoms with van der Waals surface area (Å²) in [6, 6.07) is 14.8. The topological polar surface area (TPSA) is 34.0 Å². The van der Waals surface area contributed by atoms with E-state index >= 15 is 0 Å². The first-order valence-corrected chi connectivity index (χ1v) is 6.47. The van der Waals surface area contributed by atoms with Crippen LogP contribution in [0.4, 0.5) is 0 Å². The molecule has 96 valence electrons. The lowest BCUT2D eigenvalue weighted by molar-refractivity contribution is -0.118. The molecule has 0 aliphatic carbocycles. The molecule has 1 aromatic heterocycles. The fourth-order valence-corrected chi connectivity index (χ4v) is 2.51. The molecule has 0 bridgehead atoms. The lowest BCUT2D eigenvalue weighted by atomic mass is 10.1. The van der Waals surface area contributed by atoms with Gasteiger partial charge in [0.05, 0.1) is 5.52 Å². The first kappa shape index (κ1) is 11.8. The molecule has 3 heteroatoms. The maximum atomic E-state index is 10.9. The zero-order valence-corrected chi connectivity index (χ0v) is 10.9. The van der Waals surface area contributed by atoms with Gasteiger partial charge in [0.1, 0.15) is 0 Å². The molecule has 0 saturated heterocycles. The first-order chi connectivity index (χ1) is 9.25. The van der Waals surface area contributed by atoms with E-state index < -0.39 is 0 Å². The predicted molar refractivity (Wildman–Crippen MR) is 78.1 cm³/mol. The molecule has 3 aromatic rings. The maximum absolute atomic E-state index is 10.9. The van der Waals surface area contributed by atoms with E-state index in [2.05, 4.69) is 58.5 Å². The summed E-state index contributed by atoms with van der Waals surface area (Å²) in [5.74, 6) is 0.0151. The number of carbonyl (C=O) groups is 1. The van der Waals surface area contributed by atoms with Crippen LogP contribution in [0, 0.1) is 0 Å². The monoisotopic (exact) mass is 252 g/mol. The quantitative estimate of drug-likeness (QED) is 0.764. The lowest BCUT2D eigenvalue weighted by Crippen LogP contribution is -2.24. The minimum atomic E-state index is 0.0151. The van der Waals surface area contributed by atoms with Crippen molar-refractivity contribution in [3.8, 4) is 0 Å².